The standard InChI is InChI=1S/C24H32FN5O4S/c1-16(28-35(33)23(2,3)4)18-13-17(25)5-6-19(18)34-21-26-10-7-20(27-21)29-11-8-24(14-29)9-12-30(15-24)22(31)32/h5-7,10,13,16,28H,8-9,11-12,14-15H2,1-4H3,(H,31,32)/t16-,24?,35?/m0/s1. The maximum atomic E-state index is 14.1. The van der Waals surface area contributed by atoms with E-state index in [-0.39, 0.29) is 11.4 Å². The van der Waals surface area contributed by atoms with Gasteiger partial charge in [-0.1, -0.05) is 0 Å². The molecule has 0 bridgehead atoms. The number of hydrogen-bond acceptors (Lipinski definition) is 7. The van der Waals surface area contributed by atoms with Crippen molar-refractivity contribution in [3.8, 4) is 11.8 Å². The number of carboxylic acid groups (broad SMARTS) is 1. The van der Waals surface area contributed by atoms with Crippen LogP contribution in [0, 0.1) is 11.2 Å². The van der Waals surface area contributed by atoms with Crippen molar-refractivity contribution in [1.29, 1.82) is 0 Å². The predicted molar refractivity (Wildman–Crippen MR) is 131 cm³/mol. The summed E-state index contributed by atoms with van der Waals surface area (Å²) in [6.45, 7) is 9.96. The molecule has 2 aliphatic heterocycles. The fourth-order valence-corrected chi connectivity index (χ4v) is 5.37. The fourth-order valence-electron chi connectivity index (χ4n) is 4.57. The molecule has 4 rings (SSSR count). The van der Waals surface area contributed by atoms with Gasteiger partial charge in [-0.3, -0.25) is 0 Å². The highest BCUT2D eigenvalue weighted by molar-refractivity contribution is 7.90. The summed E-state index contributed by atoms with van der Waals surface area (Å²) in [5.41, 5.74) is 0.453. The van der Waals surface area contributed by atoms with Gasteiger partial charge in [-0.05, 0) is 64.8 Å². The van der Waals surface area contributed by atoms with Crippen LogP contribution < -0.4 is 14.4 Å². The smallest absolute Gasteiger partial charge is 0.407 e. The SMILES string of the molecule is C[C@H](N[S+]([O-])C(C)(C)C)c1cc(F)ccc1Oc1nccc(N2CCC3(CCN(C(=O)O)C3)C2)n1. The van der Waals surface area contributed by atoms with E-state index in [9.17, 15) is 18.8 Å². The number of amides is 1. The molecule has 2 aliphatic rings. The lowest BCUT2D eigenvalue weighted by atomic mass is 9.86. The first-order chi connectivity index (χ1) is 16.5. The Hall–Kier alpha value is -2.63. The molecule has 190 valence electrons. The van der Waals surface area contributed by atoms with E-state index in [0.29, 0.717) is 36.8 Å². The largest absolute Gasteiger partial charge is 0.598 e. The summed E-state index contributed by atoms with van der Waals surface area (Å²) in [6, 6.07) is 5.66. The Morgan fingerprint density at radius 1 is 1.29 bits per heavy atom. The van der Waals surface area contributed by atoms with Crippen LogP contribution in [-0.2, 0) is 11.4 Å². The summed E-state index contributed by atoms with van der Waals surface area (Å²) in [5, 5.41) is 9.31. The van der Waals surface area contributed by atoms with Gasteiger partial charge in [0.15, 0.2) is 0 Å². The molecule has 0 saturated carbocycles. The number of benzene rings is 1. The highest BCUT2D eigenvalue weighted by atomic mass is 32.2. The molecule has 2 saturated heterocycles. The van der Waals surface area contributed by atoms with Crippen molar-refractivity contribution in [2.24, 2.45) is 5.41 Å². The second kappa shape index (κ2) is 9.79. The normalized spacial score (nSPS) is 22.0. The zero-order valence-electron chi connectivity index (χ0n) is 20.5. The van der Waals surface area contributed by atoms with Gasteiger partial charge in [0, 0.05) is 54.7 Å². The van der Waals surface area contributed by atoms with E-state index in [1.807, 2.05) is 20.8 Å². The molecular weight excluding hydrogens is 473 g/mol. The topological polar surface area (TPSA) is 114 Å². The fraction of sp³-hybridized carbons (Fsp3) is 0.542. The molecule has 0 aliphatic carbocycles. The average Bonchev–Trinajstić information content (AvgIpc) is 3.41. The van der Waals surface area contributed by atoms with Gasteiger partial charge >= 0.3 is 12.1 Å². The summed E-state index contributed by atoms with van der Waals surface area (Å²) in [4.78, 5) is 23.8. The number of hydrogen-bond donors (Lipinski definition) is 2. The zero-order valence-corrected chi connectivity index (χ0v) is 21.3. The van der Waals surface area contributed by atoms with Crippen LogP contribution in [0.25, 0.3) is 0 Å². The number of carbonyl (C=O) groups is 1. The third-order valence-corrected chi connectivity index (χ3v) is 8.25. The van der Waals surface area contributed by atoms with Crippen molar-refractivity contribution >= 4 is 23.3 Å². The molecule has 2 aromatic rings. The Morgan fingerprint density at radius 2 is 2.03 bits per heavy atom. The van der Waals surface area contributed by atoms with E-state index in [4.69, 9.17) is 4.74 Å². The lowest BCUT2D eigenvalue weighted by Crippen LogP contribution is -2.40. The van der Waals surface area contributed by atoms with Crippen LogP contribution in [0.15, 0.2) is 30.5 Å². The molecule has 3 heterocycles. The van der Waals surface area contributed by atoms with E-state index in [2.05, 4.69) is 19.6 Å². The molecule has 1 aromatic heterocycles. The minimum absolute atomic E-state index is 0.0573. The molecule has 3 atom stereocenters. The average molecular weight is 506 g/mol. The molecule has 1 spiro atoms. The van der Waals surface area contributed by atoms with Gasteiger partial charge in [-0.25, -0.2) is 14.2 Å². The predicted octanol–water partition coefficient (Wildman–Crippen LogP) is 4.10. The van der Waals surface area contributed by atoms with Crippen LogP contribution in [-0.4, -0.2) is 61.5 Å². The molecule has 1 amide bonds. The Labute approximate surface area is 208 Å². The maximum Gasteiger partial charge on any atom is 0.407 e. The summed E-state index contributed by atoms with van der Waals surface area (Å²) in [6.07, 6.45) is 2.47. The lowest BCUT2D eigenvalue weighted by molar-refractivity contribution is 0.150. The molecule has 35 heavy (non-hydrogen) atoms. The first kappa shape index (κ1) is 25.5. The molecule has 2 fully saturated rings. The summed E-state index contributed by atoms with van der Waals surface area (Å²) in [7, 11) is 0. The van der Waals surface area contributed by atoms with Gasteiger partial charge in [-0.15, -0.1) is 4.72 Å². The minimum Gasteiger partial charge on any atom is -0.598 e. The van der Waals surface area contributed by atoms with Gasteiger partial charge in [0.1, 0.15) is 22.1 Å². The molecule has 11 heteroatoms. The van der Waals surface area contributed by atoms with Gasteiger partial charge in [0.2, 0.25) is 0 Å². The van der Waals surface area contributed by atoms with Crippen LogP contribution >= 0.6 is 0 Å². The number of anilines is 1. The number of ether oxygens (including phenoxy) is 1. The van der Waals surface area contributed by atoms with E-state index < -0.39 is 34.1 Å². The molecule has 2 N–H and O–H groups in total. The Morgan fingerprint density at radius 3 is 2.71 bits per heavy atom. The Bertz CT molecular complexity index is 1080. The summed E-state index contributed by atoms with van der Waals surface area (Å²) < 4.78 is 35.1. The molecule has 2 unspecified atom stereocenters. The van der Waals surface area contributed by atoms with Crippen LogP contribution in [0.3, 0.4) is 0 Å². The third kappa shape index (κ3) is 5.79. The van der Waals surface area contributed by atoms with E-state index in [1.165, 1.54) is 23.1 Å². The van der Waals surface area contributed by atoms with Crippen LogP contribution in [0.5, 0.6) is 11.8 Å². The Balaban J connectivity index is 1.49. The highest BCUT2D eigenvalue weighted by Gasteiger charge is 2.45. The maximum absolute atomic E-state index is 14.1. The first-order valence-corrected chi connectivity index (χ1v) is 12.8. The number of nitrogens with zero attached hydrogens (tertiary/aromatic N) is 4. The first-order valence-electron chi connectivity index (χ1n) is 11.7. The minimum atomic E-state index is -1.35. The van der Waals surface area contributed by atoms with Crippen molar-refractivity contribution in [2.45, 2.75) is 51.3 Å². The van der Waals surface area contributed by atoms with Gasteiger partial charge in [-0.2, -0.15) is 4.98 Å². The lowest BCUT2D eigenvalue weighted by Gasteiger charge is -2.27. The van der Waals surface area contributed by atoms with E-state index >= 15 is 0 Å². The number of aromatic nitrogens is 2. The number of halogens is 1. The number of nitrogens with one attached hydrogen (secondary N) is 1. The molecule has 1 aromatic carbocycles. The third-order valence-electron chi connectivity index (χ3n) is 6.57. The van der Waals surface area contributed by atoms with Gasteiger partial charge in [0.25, 0.3) is 0 Å². The molecule has 0 radical (unpaired) electrons. The quantitative estimate of drug-likeness (QED) is 0.564. The Kier molecular flexibility index (Phi) is 7.12. The van der Waals surface area contributed by atoms with Crippen molar-refractivity contribution in [2.75, 3.05) is 31.1 Å². The number of rotatable bonds is 6. The second-order valence-corrected chi connectivity index (χ2v) is 12.3. The summed E-state index contributed by atoms with van der Waals surface area (Å²) >= 11 is -1.35. The second-order valence-electron chi connectivity index (χ2n) is 10.3. The van der Waals surface area contributed by atoms with E-state index in [0.717, 1.165) is 19.4 Å². The van der Waals surface area contributed by atoms with Crippen LogP contribution in [0.4, 0.5) is 15.0 Å². The van der Waals surface area contributed by atoms with Crippen molar-refractivity contribution < 1.29 is 23.6 Å². The monoisotopic (exact) mass is 505 g/mol. The van der Waals surface area contributed by atoms with Crippen LogP contribution in [0.2, 0.25) is 0 Å². The summed E-state index contributed by atoms with van der Waals surface area (Å²) in [5.74, 6) is 0.649. The van der Waals surface area contributed by atoms with Gasteiger partial charge < -0.3 is 24.2 Å². The zero-order chi connectivity index (χ0) is 25.4. The van der Waals surface area contributed by atoms with Crippen LogP contribution in [0.1, 0.15) is 52.1 Å². The van der Waals surface area contributed by atoms with Crippen molar-refractivity contribution in [1.82, 2.24) is 19.6 Å². The number of likely N-dealkylation sites (tertiary alicyclic amines) is 1. The van der Waals surface area contributed by atoms with Crippen molar-refractivity contribution in [3.05, 3.63) is 41.8 Å². The molecular formula is C24H32FN5O4S. The molecule has 9 nitrogen and oxygen atoms in total. The van der Waals surface area contributed by atoms with Crippen molar-refractivity contribution in [3.63, 3.8) is 0 Å². The van der Waals surface area contributed by atoms with E-state index in [1.54, 1.807) is 19.2 Å². The highest BCUT2D eigenvalue weighted by Crippen LogP contribution is 2.41. The van der Waals surface area contributed by atoms with Gasteiger partial charge in [0.05, 0.1) is 6.04 Å².